The standard InChI is InChI=1S/C14H14ClFIN3O2/c15-12-10-8(17)5-20(14(10)19-6-18-12)13(16)11(22)7-3-1-2-4-9(7)21/h5-7,11,13,22H,1-4H2/t7-,11-,13-/m1/s1. The average Bonchev–Trinajstić information content (AvgIpc) is 2.85. The molecule has 1 fully saturated rings. The van der Waals surface area contributed by atoms with Crippen molar-refractivity contribution in [3.63, 3.8) is 0 Å². The number of halogens is 3. The van der Waals surface area contributed by atoms with Crippen molar-refractivity contribution < 1.29 is 14.3 Å². The maximum Gasteiger partial charge on any atom is 0.204 e. The highest BCUT2D eigenvalue weighted by atomic mass is 127. The number of hydrogen-bond acceptors (Lipinski definition) is 4. The maximum absolute atomic E-state index is 14.8. The lowest BCUT2D eigenvalue weighted by molar-refractivity contribution is -0.132. The van der Waals surface area contributed by atoms with Crippen LogP contribution in [0.5, 0.6) is 0 Å². The molecule has 0 spiro atoms. The third-order valence-electron chi connectivity index (χ3n) is 4.08. The molecule has 2 aromatic heterocycles. The highest BCUT2D eigenvalue weighted by Gasteiger charge is 2.36. The zero-order valence-electron chi connectivity index (χ0n) is 11.5. The van der Waals surface area contributed by atoms with Crippen LogP contribution in [0.4, 0.5) is 4.39 Å². The molecule has 1 aliphatic rings. The number of aliphatic hydroxyl groups excluding tert-OH is 1. The zero-order chi connectivity index (χ0) is 15.9. The monoisotopic (exact) mass is 437 g/mol. The highest BCUT2D eigenvalue weighted by molar-refractivity contribution is 14.1. The molecule has 118 valence electrons. The number of fused-ring (bicyclic) bond motifs is 1. The molecule has 0 bridgehead atoms. The minimum Gasteiger partial charge on any atom is -0.387 e. The van der Waals surface area contributed by atoms with Crippen LogP contribution in [0.25, 0.3) is 11.0 Å². The fraction of sp³-hybridized carbons (Fsp3) is 0.500. The summed E-state index contributed by atoms with van der Waals surface area (Å²) in [6, 6.07) is 0. The van der Waals surface area contributed by atoms with Crippen LogP contribution >= 0.6 is 34.2 Å². The third-order valence-corrected chi connectivity index (χ3v) is 5.18. The van der Waals surface area contributed by atoms with E-state index in [9.17, 15) is 14.3 Å². The lowest BCUT2D eigenvalue weighted by Gasteiger charge is -2.28. The molecular weight excluding hydrogens is 424 g/mol. The average molecular weight is 438 g/mol. The van der Waals surface area contributed by atoms with Gasteiger partial charge in [0.25, 0.3) is 0 Å². The Morgan fingerprint density at radius 1 is 1.45 bits per heavy atom. The maximum atomic E-state index is 14.8. The molecule has 0 aliphatic heterocycles. The zero-order valence-corrected chi connectivity index (χ0v) is 14.5. The van der Waals surface area contributed by atoms with Crippen molar-refractivity contribution in [3.05, 3.63) is 21.2 Å². The van der Waals surface area contributed by atoms with Crippen LogP contribution in [-0.4, -0.2) is 31.5 Å². The molecule has 2 aromatic rings. The van der Waals surface area contributed by atoms with Crippen molar-refractivity contribution in [3.8, 4) is 0 Å². The van der Waals surface area contributed by atoms with E-state index in [2.05, 4.69) is 9.97 Å². The second-order valence-electron chi connectivity index (χ2n) is 5.43. The topological polar surface area (TPSA) is 68.0 Å². The fourth-order valence-electron chi connectivity index (χ4n) is 2.92. The van der Waals surface area contributed by atoms with E-state index >= 15 is 0 Å². The third kappa shape index (κ3) is 2.74. The van der Waals surface area contributed by atoms with Gasteiger partial charge in [0.2, 0.25) is 6.30 Å². The van der Waals surface area contributed by atoms with Crippen molar-refractivity contribution in [2.45, 2.75) is 38.1 Å². The number of carbonyl (C=O) groups excluding carboxylic acids is 1. The first-order valence-electron chi connectivity index (χ1n) is 7.02. The van der Waals surface area contributed by atoms with Gasteiger partial charge in [0.05, 0.1) is 5.39 Å². The molecule has 0 radical (unpaired) electrons. The summed E-state index contributed by atoms with van der Waals surface area (Å²) in [5.74, 6) is -0.726. The number of aliphatic hydroxyl groups is 1. The molecule has 3 atom stereocenters. The molecule has 1 saturated carbocycles. The fourth-order valence-corrected chi connectivity index (χ4v) is 4.11. The Bertz CT molecular complexity index is 723. The summed E-state index contributed by atoms with van der Waals surface area (Å²) in [5, 5.41) is 11.1. The predicted molar refractivity (Wildman–Crippen MR) is 88.4 cm³/mol. The van der Waals surface area contributed by atoms with E-state index in [1.54, 1.807) is 0 Å². The lowest BCUT2D eigenvalue weighted by atomic mass is 9.83. The number of hydrogen-bond donors (Lipinski definition) is 1. The van der Waals surface area contributed by atoms with E-state index in [1.807, 2.05) is 22.6 Å². The van der Waals surface area contributed by atoms with Gasteiger partial charge in [-0.1, -0.05) is 18.0 Å². The Hall–Kier alpha value is -0.800. The minimum atomic E-state index is -1.75. The van der Waals surface area contributed by atoms with Gasteiger partial charge in [-0.3, -0.25) is 9.36 Å². The molecular formula is C14H14ClFIN3O2. The van der Waals surface area contributed by atoms with Gasteiger partial charge < -0.3 is 5.11 Å². The van der Waals surface area contributed by atoms with Crippen molar-refractivity contribution in [1.82, 2.24) is 14.5 Å². The summed E-state index contributed by atoms with van der Waals surface area (Å²) in [6.07, 6.45) is 2.23. The molecule has 0 aromatic carbocycles. The second kappa shape index (κ2) is 6.37. The molecule has 1 aliphatic carbocycles. The van der Waals surface area contributed by atoms with E-state index < -0.39 is 18.3 Å². The highest BCUT2D eigenvalue weighted by Crippen LogP contribution is 2.34. The van der Waals surface area contributed by atoms with Gasteiger partial charge >= 0.3 is 0 Å². The van der Waals surface area contributed by atoms with E-state index in [-0.39, 0.29) is 10.9 Å². The number of aromatic nitrogens is 3. The van der Waals surface area contributed by atoms with Gasteiger partial charge in [-0.05, 0) is 35.4 Å². The Morgan fingerprint density at radius 2 is 2.23 bits per heavy atom. The Kier molecular flexibility index (Phi) is 4.65. The number of alkyl halides is 1. The quantitative estimate of drug-likeness (QED) is 0.591. The van der Waals surface area contributed by atoms with Crippen LogP contribution in [0.3, 0.4) is 0 Å². The van der Waals surface area contributed by atoms with Gasteiger partial charge in [0.15, 0.2) is 0 Å². The van der Waals surface area contributed by atoms with E-state index in [4.69, 9.17) is 11.6 Å². The van der Waals surface area contributed by atoms with Crippen molar-refractivity contribution in [2.75, 3.05) is 0 Å². The number of carbonyl (C=O) groups is 1. The number of nitrogens with zero attached hydrogens (tertiary/aromatic N) is 3. The molecule has 0 unspecified atom stereocenters. The first-order chi connectivity index (χ1) is 10.5. The Balaban J connectivity index is 1.96. The lowest BCUT2D eigenvalue weighted by Crippen LogP contribution is -2.35. The largest absolute Gasteiger partial charge is 0.387 e. The summed E-state index contributed by atoms with van der Waals surface area (Å²) in [7, 11) is 0. The molecule has 0 saturated heterocycles. The molecule has 22 heavy (non-hydrogen) atoms. The van der Waals surface area contributed by atoms with Crippen LogP contribution in [0.15, 0.2) is 12.5 Å². The molecule has 1 N–H and O–H groups in total. The molecule has 5 nitrogen and oxygen atoms in total. The van der Waals surface area contributed by atoms with Gasteiger partial charge in [-0.2, -0.15) is 0 Å². The van der Waals surface area contributed by atoms with E-state index in [1.165, 1.54) is 17.1 Å². The van der Waals surface area contributed by atoms with Gasteiger partial charge in [-0.25, -0.2) is 14.4 Å². The van der Waals surface area contributed by atoms with Crippen molar-refractivity contribution >= 4 is 51.0 Å². The first kappa shape index (κ1) is 16.1. The molecule has 3 rings (SSSR count). The number of ketones is 1. The Morgan fingerprint density at radius 3 is 2.95 bits per heavy atom. The van der Waals surface area contributed by atoms with Crippen LogP contribution in [0.2, 0.25) is 5.15 Å². The summed E-state index contributed by atoms with van der Waals surface area (Å²) >= 11 is 8.04. The first-order valence-corrected chi connectivity index (χ1v) is 8.47. The smallest absolute Gasteiger partial charge is 0.204 e. The van der Waals surface area contributed by atoms with E-state index in [0.29, 0.717) is 27.4 Å². The van der Waals surface area contributed by atoms with Crippen LogP contribution in [0.1, 0.15) is 32.0 Å². The summed E-state index contributed by atoms with van der Waals surface area (Å²) in [4.78, 5) is 19.9. The molecule has 2 heterocycles. The number of rotatable bonds is 3. The van der Waals surface area contributed by atoms with Gasteiger partial charge in [-0.15, -0.1) is 0 Å². The van der Waals surface area contributed by atoms with Gasteiger partial charge in [0, 0.05) is 22.1 Å². The van der Waals surface area contributed by atoms with Crippen molar-refractivity contribution in [2.24, 2.45) is 5.92 Å². The summed E-state index contributed by atoms with van der Waals surface area (Å²) < 4.78 is 16.7. The summed E-state index contributed by atoms with van der Waals surface area (Å²) in [6.45, 7) is 0. The van der Waals surface area contributed by atoms with Gasteiger partial charge in [0.1, 0.15) is 29.0 Å². The number of Topliss-reactive ketones (excluding diaryl/α,β-unsaturated/α-hetero) is 1. The second-order valence-corrected chi connectivity index (χ2v) is 6.95. The predicted octanol–water partition coefficient (Wildman–Crippen LogP) is 3.28. The summed E-state index contributed by atoms with van der Waals surface area (Å²) in [5.41, 5.74) is 0.319. The SMILES string of the molecule is O=C1CCCC[C@H]1[C@@H](O)[C@H](F)n1cc(I)c2c(Cl)ncnc21. The van der Waals surface area contributed by atoms with Crippen LogP contribution in [0, 0.1) is 9.49 Å². The van der Waals surface area contributed by atoms with Crippen LogP contribution in [-0.2, 0) is 4.79 Å². The molecule has 8 heteroatoms. The van der Waals surface area contributed by atoms with E-state index in [0.717, 1.165) is 12.8 Å². The minimum absolute atomic E-state index is 0.0692. The van der Waals surface area contributed by atoms with Crippen LogP contribution < -0.4 is 0 Å². The molecule has 0 amide bonds. The Labute approximate surface area is 145 Å². The van der Waals surface area contributed by atoms with Crippen molar-refractivity contribution in [1.29, 1.82) is 0 Å². The normalized spacial score (nSPS) is 22.0.